The van der Waals surface area contributed by atoms with Crippen molar-refractivity contribution < 1.29 is 9.84 Å². The Balaban J connectivity index is 1.68. The van der Waals surface area contributed by atoms with Crippen LogP contribution in [0.25, 0.3) is 10.9 Å². The standard InChI is InChI=1S/C16H13N5O2/c17-6-14-15(7-18)21(10-20-14)8-11(22)9-23-16-3-1-2-13-12(16)4-5-19-13/h1-5,10-11,19,22H,8-9H2. The number of aliphatic hydroxyl groups is 1. The molecular formula is C16H13N5O2. The fourth-order valence-electron chi connectivity index (χ4n) is 2.37. The first-order chi connectivity index (χ1) is 11.2. The van der Waals surface area contributed by atoms with Crippen molar-refractivity contribution in [1.82, 2.24) is 14.5 Å². The van der Waals surface area contributed by atoms with E-state index in [1.807, 2.05) is 42.6 Å². The van der Waals surface area contributed by atoms with E-state index in [0.29, 0.717) is 5.75 Å². The van der Waals surface area contributed by atoms with E-state index >= 15 is 0 Å². The number of nitriles is 2. The molecule has 0 aliphatic heterocycles. The van der Waals surface area contributed by atoms with Gasteiger partial charge >= 0.3 is 0 Å². The zero-order valence-electron chi connectivity index (χ0n) is 12.1. The van der Waals surface area contributed by atoms with E-state index in [1.54, 1.807) is 0 Å². The van der Waals surface area contributed by atoms with Crippen LogP contribution in [0, 0.1) is 22.7 Å². The lowest BCUT2D eigenvalue weighted by Crippen LogP contribution is -2.24. The number of ether oxygens (including phenoxy) is 1. The Bertz CT molecular complexity index is 913. The number of benzene rings is 1. The van der Waals surface area contributed by atoms with Crippen LogP contribution in [0.15, 0.2) is 36.8 Å². The number of aromatic nitrogens is 3. The summed E-state index contributed by atoms with van der Waals surface area (Å²) in [7, 11) is 0. The van der Waals surface area contributed by atoms with Crippen LogP contribution in [0.4, 0.5) is 0 Å². The molecule has 7 nitrogen and oxygen atoms in total. The topological polar surface area (TPSA) is 111 Å². The molecule has 3 rings (SSSR count). The normalized spacial score (nSPS) is 11.8. The Labute approximate surface area is 132 Å². The monoisotopic (exact) mass is 307 g/mol. The number of aromatic amines is 1. The van der Waals surface area contributed by atoms with Gasteiger partial charge in [0.25, 0.3) is 0 Å². The summed E-state index contributed by atoms with van der Waals surface area (Å²) in [6.45, 7) is 0.190. The van der Waals surface area contributed by atoms with E-state index in [4.69, 9.17) is 15.3 Å². The maximum absolute atomic E-state index is 10.1. The molecule has 3 aromatic rings. The molecule has 1 atom stereocenters. The Kier molecular flexibility index (Phi) is 3.96. The van der Waals surface area contributed by atoms with E-state index in [9.17, 15) is 5.11 Å². The summed E-state index contributed by atoms with van der Waals surface area (Å²) in [6.07, 6.45) is 2.35. The number of fused-ring (bicyclic) bond motifs is 1. The van der Waals surface area contributed by atoms with Gasteiger partial charge in [-0.25, -0.2) is 4.98 Å². The maximum Gasteiger partial charge on any atom is 0.176 e. The minimum Gasteiger partial charge on any atom is -0.490 e. The zero-order chi connectivity index (χ0) is 16.2. The van der Waals surface area contributed by atoms with Crippen LogP contribution < -0.4 is 4.74 Å². The molecule has 23 heavy (non-hydrogen) atoms. The van der Waals surface area contributed by atoms with Gasteiger partial charge in [0.05, 0.1) is 12.9 Å². The molecule has 0 aliphatic carbocycles. The highest BCUT2D eigenvalue weighted by Crippen LogP contribution is 2.24. The lowest BCUT2D eigenvalue weighted by atomic mass is 10.2. The summed E-state index contributed by atoms with van der Waals surface area (Å²) in [5, 5.41) is 29.0. The zero-order valence-corrected chi connectivity index (χ0v) is 12.1. The second-order valence-corrected chi connectivity index (χ2v) is 4.98. The van der Waals surface area contributed by atoms with Crippen molar-refractivity contribution in [2.45, 2.75) is 12.6 Å². The first-order valence-electron chi connectivity index (χ1n) is 6.95. The van der Waals surface area contributed by atoms with E-state index in [-0.39, 0.29) is 24.5 Å². The van der Waals surface area contributed by atoms with Crippen molar-refractivity contribution in [1.29, 1.82) is 10.5 Å². The molecule has 2 N–H and O–H groups in total. The molecule has 0 radical (unpaired) electrons. The van der Waals surface area contributed by atoms with Crippen LogP contribution in [0.1, 0.15) is 11.4 Å². The number of nitrogens with one attached hydrogen (secondary N) is 1. The summed E-state index contributed by atoms with van der Waals surface area (Å²) >= 11 is 0. The molecule has 0 saturated carbocycles. The lowest BCUT2D eigenvalue weighted by molar-refractivity contribution is 0.0930. The third-order valence-electron chi connectivity index (χ3n) is 3.44. The van der Waals surface area contributed by atoms with E-state index < -0.39 is 6.10 Å². The number of imidazole rings is 1. The molecule has 0 amide bonds. The van der Waals surface area contributed by atoms with Gasteiger partial charge in [0.1, 0.15) is 30.6 Å². The number of hydrogen-bond acceptors (Lipinski definition) is 5. The number of hydrogen-bond donors (Lipinski definition) is 2. The highest BCUT2D eigenvalue weighted by atomic mass is 16.5. The summed E-state index contributed by atoms with van der Waals surface area (Å²) in [6, 6.07) is 11.3. The quantitative estimate of drug-likeness (QED) is 0.743. The molecule has 2 aromatic heterocycles. The molecule has 7 heteroatoms. The van der Waals surface area contributed by atoms with Crippen LogP contribution in [0.5, 0.6) is 5.75 Å². The van der Waals surface area contributed by atoms with Crippen molar-refractivity contribution in [3.8, 4) is 17.9 Å². The molecule has 1 unspecified atom stereocenters. The van der Waals surface area contributed by atoms with Crippen molar-refractivity contribution in [2.75, 3.05) is 6.61 Å². The summed E-state index contributed by atoms with van der Waals surface area (Å²) in [5.41, 5.74) is 1.15. The molecular weight excluding hydrogens is 294 g/mol. The summed E-state index contributed by atoms with van der Waals surface area (Å²) in [5.74, 6) is 0.673. The van der Waals surface area contributed by atoms with Gasteiger partial charge in [-0.3, -0.25) is 0 Å². The van der Waals surface area contributed by atoms with E-state index in [1.165, 1.54) is 10.9 Å². The van der Waals surface area contributed by atoms with Gasteiger partial charge in [-0.2, -0.15) is 10.5 Å². The van der Waals surface area contributed by atoms with Crippen LogP contribution in [-0.4, -0.2) is 32.4 Å². The largest absolute Gasteiger partial charge is 0.490 e. The van der Waals surface area contributed by atoms with Crippen LogP contribution in [0.3, 0.4) is 0 Å². The van der Waals surface area contributed by atoms with Crippen LogP contribution in [0.2, 0.25) is 0 Å². The second-order valence-electron chi connectivity index (χ2n) is 4.98. The molecule has 0 fully saturated rings. The smallest absolute Gasteiger partial charge is 0.176 e. The molecule has 0 spiro atoms. The Morgan fingerprint density at radius 1 is 1.30 bits per heavy atom. The Morgan fingerprint density at radius 2 is 2.17 bits per heavy atom. The number of rotatable bonds is 5. The van der Waals surface area contributed by atoms with Crippen LogP contribution >= 0.6 is 0 Å². The molecule has 2 heterocycles. The maximum atomic E-state index is 10.1. The first kappa shape index (κ1) is 14.6. The Hall–Kier alpha value is -3.29. The molecule has 1 aromatic carbocycles. The molecule has 0 bridgehead atoms. The summed E-state index contributed by atoms with van der Waals surface area (Å²) in [4.78, 5) is 6.92. The van der Waals surface area contributed by atoms with Gasteiger partial charge in [0, 0.05) is 17.1 Å². The van der Waals surface area contributed by atoms with Gasteiger partial charge in [0.2, 0.25) is 0 Å². The predicted octanol–water partition coefficient (Wildman–Crippen LogP) is 1.55. The number of nitrogens with zero attached hydrogens (tertiary/aromatic N) is 4. The van der Waals surface area contributed by atoms with Crippen molar-refractivity contribution in [2.24, 2.45) is 0 Å². The minimum atomic E-state index is -0.836. The third-order valence-corrected chi connectivity index (χ3v) is 3.44. The second kappa shape index (κ2) is 6.22. The average molecular weight is 307 g/mol. The summed E-state index contributed by atoms with van der Waals surface area (Å²) < 4.78 is 7.11. The van der Waals surface area contributed by atoms with Gasteiger partial charge in [0.15, 0.2) is 11.4 Å². The molecule has 114 valence electrons. The van der Waals surface area contributed by atoms with Crippen molar-refractivity contribution in [3.63, 3.8) is 0 Å². The average Bonchev–Trinajstić information content (AvgIpc) is 3.19. The van der Waals surface area contributed by atoms with Crippen molar-refractivity contribution >= 4 is 10.9 Å². The van der Waals surface area contributed by atoms with Gasteiger partial charge < -0.3 is 19.4 Å². The lowest BCUT2D eigenvalue weighted by Gasteiger charge is -2.14. The van der Waals surface area contributed by atoms with Gasteiger partial charge in [-0.15, -0.1) is 0 Å². The van der Waals surface area contributed by atoms with E-state index in [2.05, 4.69) is 9.97 Å². The SMILES string of the molecule is N#Cc1ncn(CC(O)COc2cccc3[nH]ccc23)c1C#N. The molecule has 0 aliphatic rings. The van der Waals surface area contributed by atoms with Gasteiger partial charge in [-0.05, 0) is 18.2 Å². The first-order valence-corrected chi connectivity index (χ1v) is 6.95. The van der Waals surface area contributed by atoms with Crippen molar-refractivity contribution in [3.05, 3.63) is 48.2 Å². The third kappa shape index (κ3) is 2.86. The van der Waals surface area contributed by atoms with Crippen LogP contribution in [-0.2, 0) is 6.54 Å². The van der Waals surface area contributed by atoms with E-state index in [0.717, 1.165) is 10.9 Å². The Morgan fingerprint density at radius 3 is 2.96 bits per heavy atom. The highest BCUT2D eigenvalue weighted by Gasteiger charge is 2.14. The number of H-pyrrole nitrogens is 1. The van der Waals surface area contributed by atoms with Gasteiger partial charge in [-0.1, -0.05) is 6.07 Å². The predicted molar refractivity (Wildman–Crippen MR) is 81.5 cm³/mol. The highest BCUT2D eigenvalue weighted by molar-refractivity contribution is 5.85. The molecule has 0 saturated heterocycles. The fourth-order valence-corrected chi connectivity index (χ4v) is 2.37. The number of aliphatic hydroxyl groups excluding tert-OH is 1. The minimum absolute atomic E-state index is 0.0534. The fraction of sp³-hybridized carbons (Fsp3) is 0.188.